The summed E-state index contributed by atoms with van der Waals surface area (Å²) >= 11 is 3.47. The van der Waals surface area contributed by atoms with Gasteiger partial charge in [0.1, 0.15) is 0 Å². The number of nitrogens with zero attached hydrogens (tertiary/aromatic N) is 2. The Kier molecular flexibility index (Phi) is 5.76. The number of benzene rings is 1. The summed E-state index contributed by atoms with van der Waals surface area (Å²) in [6, 6.07) is 11.0. The van der Waals surface area contributed by atoms with Gasteiger partial charge < -0.3 is 10.2 Å². The lowest BCUT2D eigenvalue weighted by molar-refractivity contribution is 0.587. The van der Waals surface area contributed by atoms with E-state index in [9.17, 15) is 0 Å². The van der Waals surface area contributed by atoms with Gasteiger partial charge >= 0.3 is 0 Å². The van der Waals surface area contributed by atoms with Crippen molar-refractivity contribution in [2.24, 2.45) is 0 Å². The molecule has 21 heavy (non-hydrogen) atoms. The van der Waals surface area contributed by atoms with Gasteiger partial charge in [0.05, 0.1) is 0 Å². The van der Waals surface area contributed by atoms with Gasteiger partial charge in [-0.2, -0.15) is 0 Å². The molecule has 3 nitrogen and oxygen atoms in total. The smallest absolute Gasteiger partial charge is 0.0443 e. The van der Waals surface area contributed by atoms with Gasteiger partial charge in [-0.05, 0) is 23.8 Å². The van der Waals surface area contributed by atoms with E-state index in [4.69, 9.17) is 0 Å². The van der Waals surface area contributed by atoms with Gasteiger partial charge in [-0.15, -0.1) is 0 Å². The van der Waals surface area contributed by atoms with Crippen LogP contribution in [-0.2, 0) is 13.1 Å². The Balaban J connectivity index is 2.11. The Morgan fingerprint density at radius 2 is 1.90 bits per heavy atom. The van der Waals surface area contributed by atoms with E-state index < -0.39 is 0 Å². The zero-order chi connectivity index (χ0) is 15.2. The third-order valence-electron chi connectivity index (χ3n) is 3.32. The van der Waals surface area contributed by atoms with Crippen molar-refractivity contribution in [1.29, 1.82) is 0 Å². The lowest BCUT2D eigenvalue weighted by Gasteiger charge is -2.23. The lowest BCUT2D eigenvalue weighted by Crippen LogP contribution is -2.24. The van der Waals surface area contributed by atoms with Crippen molar-refractivity contribution in [2.45, 2.75) is 33.0 Å². The molecule has 0 saturated carbocycles. The van der Waals surface area contributed by atoms with Crippen LogP contribution in [0.5, 0.6) is 0 Å². The fourth-order valence-corrected chi connectivity index (χ4v) is 2.46. The van der Waals surface area contributed by atoms with Crippen molar-refractivity contribution in [3.63, 3.8) is 0 Å². The van der Waals surface area contributed by atoms with Gasteiger partial charge in [0.15, 0.2) is 0 Å². The predicted molar refractivity (Wildman–Crippen MR) is 92.5 cm³/mol. The fraction of sp³-hybridized carbons (Fsp3) is 0.353. The van der Waals surface area contributed by atoms with Crippen LogP contribution in [0.15, 0.2) is 47.2 Å². The maximum absolute atomic E-state index is 4.25. The van der Waals surface area contributed by atoms with Crippen molar-refractivity contribution < 1.29 is 0 Å². The van der Waals surface area contributed by atoms with E-state index in [0.717, 1.165) is 17.6 Å². The van der Waals surface area contributed by atoms with E-state index in [-0.39, 0.29) is 0 Å². The van der Waals surface area contributed by atoms with Crippen LogP contribution < -0.4 is 10.2 Å². The first-order valence-electron chi connectivity index (χ1n) is 7.18. The largest absolute Gasteiger partial charge is 0.370 e. The molecule has 0 aliphatic heterocycles. The summed E-state index contributed by atoms with van der Waals surface area (Å²) < 4.78 is 1.11. The Morgan fingerprint density at radius 3 is 2.57 bits per heavy atom. The summed E-state index contributed by atoms with van der Waals surface area (Å²) in [7, 11) is 2.12. The molecule has 0 spiro atoms. The molecule has 0 unspecified atom stereocenters. The fourth-order valence-electron chi connectivity index (χ4n) is 2.19. The van der Waals surface area contributed by atoms with Gasteiger partial charge in [-0.3, -0.25) is 4.98 Å². The first kappa shape index (κ1) is 16.0. The molecule has 1 aromatic heterocycles. The molecule has 0 aliphatic carbocycles. The van der Waals surface area contributed by atoms with Crippen molar-refractivity contribution >= 4 is 21.6 Å². The van der Waals surface area contributed by atoms with Crippen LogP contribution in [0.1, 0.15) is 25.0 Å². The molecule has 1 heterocycles. The highest BCUT2D eigenvalue weighted by molar-refractivity contribution is 9.10. The molecule has 0 amide bonds. The number of anilines is 1. The quantitative estimate of drug-likeness (QED) is 0.856. The zero-order valence-electron chi connectivity index (χ0n) is 12.8. The van der Waals surface area contributed by atoms with Crippen molar-refractivity contribution in [3.05, 3.63) is 58.3 Å². The second-order valence-electron chi connectivity index (χ2n) is 5.52. The molecular weight excluding hydrogens is 326 g/mol. The summed E-state index contributed by atoms with van der Waals surface area (Å²) in [6.07, 6.45) is 3.80. The third kappa shape index (κ3) is 4.83. The van der Waals surface area contributed by atoms with Gasteiger partial charge in [-0.25, -0.2) is 0 Å². The highest BCUT2D eigenvalue weighted by Crippen LogP contribution is 2.21. The molecule has 4 heteroatoms. The molecule has 2 aromatic rings. The van der Waals surface area contributed by atoms with Crippen molar-refractivity contribution in [3.8, 4) is 0 Å². The van der Waals surface area contributed by atoms with E-state index in [1.165, 1.54) is 16.8 Å². The summed E-state index contributed by atoms with van der Waals surface area (Å²) in [5, 5.41) is 3.46. The molecule has 1 N–H and O–H groups in total. The van der Waals surface area contributed by atoms with Gasteiger partial charge in [-0.1, -0.05) is 41.9 Å². The van der Waals surface area contributed by atoms with E-state index >= 15 is 0 Å². The highest BCUT2D eigenvalue weighted by atomic mass is 79.9. The summed E-state index contributed by atoms with van der Waals surface area (Å²) in [6.45, 7) is 6.03. The summed E-state index contributed by atoms with van der Waals surface area (Å²) in [4.78, 5) is 6.52. The van der Waals surface area contributed by atoms with Crippen LogP contribution in [0.4, 0.5) is 5.69 Å². The third-order valence-corrected chi connectivity index (χ3v) is 3.85. The first-order chi connectivity index (χ1) is 10.1. The van der Waals surface area contributed by atoms with Crippen molar-refractivity contribution in [2.75, 3.05) is 11.9 Å². The SMILES string of the molecule is CC(C)NCc1cnccc1N(C)Cc1ccc(Br)cc1. The topological polar surface area (TPSA) is 28.2 Å². The molecular formula is C17H22BrN3. The molecule has 1 aromatic carbocycles. The molecule has 0 fully saturated rings. The summed E-state index contributed by atoms with van der Waals surface area (Å²) in [5.41, 5.74) is 3.74. The Labute approximate surface area is 135 Å². The number of rotatable bonds is 6. The monoisotopic (exact) mass is 347 g/mol. The zero-order valence-corrected chi connectivity index (χ0v) is 14.4. The predicted octanol–water partition coefficient (Wildman–Crippen LogP) is 3.98. The number of hydrogen-bond donors (Lipinski definition) is 1. The number of aromatic nitrogens is 1. The average Bonchev–Trinajstić information content (AvgIpc) is 2.47. The lowest BCUT2D eigenvalue weighted by atomic mass is 10.1. The molecule has 0 radical (unpaired) electrons. The second kappa shape index (κ2) is 7.57. The average molecular weight is 348 g/mol. The van der Waals surface area contributed by atoms with E-state index in [1.807, 2.05) is 12.4 Å². The molecule has 0 aliphatic rings. The minimum Gasteiger partial charge on any atom is -0.370 e. The Morgan fingerprint density at radius 1 is 1.19 bits per heavy atom. The number of halogens is 1. The summed E-state index contributed by atoms with van der Waals surface area (Å²) in [5.74, 6) is 0. The van der Waals surface area contributed by atoms with Crippen LogP contribution in [0, 0.1) is 0 Å². The second-order valence-corrected chi connectivity index (χ2v) is 6.44. The molecule has 0 atom stereocenters. The number of pyridine rings is 1. The van der Waals surface area contributed by atoms with Crippen LogP contribution in [-0.4, -0.2) is 18.1 Å². The molecule has 112 valence electrons. The number of nitrogens with one attached hydrogen (secondary N) is 1. The Bertz CT molecular complexity index is 567. The maximum atomic E-state index is 4.25. The van der Waals surface area contributed by atoms with Crippen LogP contribution >= 0.6 is 15.9 Å². The Hall–Kier alpha value is -1.39. The van der Waals surface area contributed by atoms with E-state index in [0.29, 0.717) is 6.04 Å². The van der Waals surface area contributed by atoms with Gasteiger partial charge in [0, 0.05) is 54.3 Å². The minimum absolute atomic E-state index is 0.467. The first-order valence-corrected chi connectivity index (χ1v) is 7.97. The van der Waals surface area contributed by atoms with Crippen LogP contribution in [0.25, 0.3) is 0 Å². The van der Waals surface area contributed by atoms with E-state index in [1.54, 1.807) is 0 Å². The molecule has 0 saturated heterocycles. The molecule has 2 rings (SSSR count). The van der Waals surface area contributed by atoms with Crippen LogP contribution in [0.3, 0.4) is 0 Å². The van der Waals surface area contributed by atoms with E-state index in [2.05, 4.69) is 82.4 Å². The highest BCUT2D eigenvalue weighted by Gasteiger charge is 2.08. The number of hydrogen-bond acceptors (Lipinski definition) is 3. The van der Waals surface area contributed by atoms with Gasteiger partial charge in [0.25, 0.3) is 0 Å². The van der Waals surface area contributed by atoms with Crippen LogP contribution in [0.2, 0.25) is 0 Å². The minimum atomic E-state index is 0.467. The van der Waals surface area contributed by atoms with Gasteiger partial charge in [0.2, 0.25) is 0 Å². The molecule has 0 bridgehead atoms. The normalized spacial score (nSPS) is 10.9. The maximum Gasteiger partial charge on any atom is 0.0443 e. The standard InChI is InChI=1S/C17H22BrN3/c1-13(2)20-11-15-10-19-9-8-17(15)21(3)12-14-4-6-16(18)7-5-14/h4-10,13,20H,11-12H2,1-3H3. The van der Waals surface area contributed by atoms with Crippen molar-refractivity contribution in [1.82, 2.24) is 10.3 Å².